The predicted octanol–water partition coefficient (Wildman–Crippen LogP) is 3.45. The molecule has 0 aliphatic carbocycles. The van der Waals surface area contributed by atoms with Crippen LogP contribution in [0.1, 0.15) is 34.8 Å². The summed E-state index contributed by atoms with van der Waals surface area (Å²) in [6.45, 7) is 2.91. The third kappa shape index (κ3) is 4.88. The van der Waals surface area contributed by atoms with E-state index in [9.17, 15) is 9.18 Å². The van der Waals surface area contributed by atoms with Gasteiger partial charge < -0.3 is 14.8 Å². The Hall–Kier alpha value is -2.44. The Bertz CT molecular complexity index is 789. The number of nitrogens with zero attached hydrogens (tertiary/aromatic N) is 1. The molecule has 1 fully saturated rings. The zero-order chi connectivity index (χ0) is 19.9. The maximum atomic E-state index is 13.8. The fraction of sp³-hybridized carbons (Fsp3) is 0.409. The van der Waals surface area contributed by atoms with Gasteiger partial charge in [-0.3, -0.25) is 9.69 Å². The first-order valence-corrected chi connectivity index (χ1v) is 9.58. The monoisotopic (exact) mass is 386 g/mol. The molecule has 2 aromatic rings. The van der Waals surface area contributed by atoms with E-state index in [1.165, 1.54) is 37.6 Å². The molecule has 0 radical (unpaired) electrons. The van der Waals surface area contributed by atoms with Gasteiger partial charge in [-0.2, -0.15) is 0 Å². The van der Waals surface area contributed by atoms with E-state index in [1.54, 1.807) is 13.2 Å². The van der Waals surface area contributed by atoms with Crippen molar-refractivity contribution in [3.8, 4) is 11.5 Å². The number of ketones is 1. The molecule has 1 aliphatic heterocycles. The summed E-state index contributed by atoms with van der Waals surface area (Å²) < 4.78 is 24.0. The van der Waals surface area contributed by atoms with Gasteiger partial charge in [0.1, 0.15) is 5.75 Å². The van der Waals surface area contributed by atoms with Crippen molar-refractivity contribution in [2.75, 3.05) is 40.4 Å². The summed E-state index contributed by atoms with van der Waals surface area (Å²) in [5.41, 5.74) is 1.53. The van der Waals surface area contributed by atoms with Crippen molar-refractivity contribution in [3.05, 3.63) is 59.4 Å². The van der Waals surface area contributed by atoms with Gasteiger partial charge in [-0.1, -0.05) is 12.1 Å². The predicted molar refractivity (Wildman–Crippen MR) is 107 cm³/mol. The van der Waals surface area contributed by atoms with Crippen molar-refractivity contribution in [3.63, 3.8) is 0 Å². The highest BCUT2D eigenvalue weighted by Gasteiger charge is 2.23. The van der Waals surface area contributed by atoms with E-state index in [2.05, 4.69) is 22.3 Å². The van der Waals surface area contributed by atoms with Crippen LogP contribution in [-0.2, 0) is 0 Å². The zero-order valence-electron chi connectivity index (χ0n) is 16.4. The first kappa shape index (κ1) is 20.3. The Morgan fingerprint density at radius 2 is 1.82 bits per heavy atom. The standard InChI is InChI=1S/C22H27FN2O3/c1-27-18-8-5-16(6-9-18)20(25-11-3-4-12-25)14-24-15-21(26)17-7-10-22(28-2)19(23)13-17/h5-10,13,20,24H,3-4,11-12,14-15H2,1-2H3. The molecule has 2 aromatic carbocycles. The summed E-state index contributed by atoms with van der Waals surface area (Å²) >= 11 is 0. The van der Waals surface area contributed by atoms with Crippen molar-refractivity contribution in [2.24, 2.45) is 0 Å². The second kappa shape index (κ2) is 9.66. The first-order chi connectivity index (χ1) is 13.6. The zero-order valence-corrected chi connectivity index (χ0v) is 16.4. The third-order valence-corrected chi connectivity index (χ3v) is 5.18. The summed E-state index contributed by atoms with van der Waals surface area (Å²) in [7, 11) is 3.06. The molecule has 0 aromatic heterocycles. The Morgan fingerprint density at radius 3 is 2.43 bits per heavy atom. The van der Waals surface area contributed by atoms with Gasteiger partial charge in [-0.15, -0.1) is 0 Å². The van der Waals surface area contributed by atoms with Gasteiger partial charge in [0.2, 0.25) is 0 Å². The number of Topliss-reactive ketones (excluding diaryl/α,β-unsaturated/α-hetero) is 1. The van der Waals surface area contributed by atoms with Crippen LogP contribution in [-0.4, -0.2) is 51.1 Å². The average Bonchev–Trinajstić information content (AvgIpc) is 3.25. The number of rotatable bonds is 9. The van der Waals surface area contributed by atoms with Crippen LogP contribution < -0.4 is 14.8 Å². The van der Waals surface area contributed by atoms with Crippen LogP contribution in [0.3, 0.4) is 0 Å². The average molecular weight is 386 g/mol. The summed E-state index contributed by atoms with van der Waals surface area (Å²) in [5.74, 6) is 0.296. The van der Waals surface area contributed by atoms with Crippen LogP contribution >= 0.6 is 0 Å². The smallest absolute Gasteiger partial charge is 0.176 e. The molecule has 1 heterocycles. The number of ether oxygens (including phenoxy) is 2. The molecule has 0 spiro atoms. The van der Waals surface area contributed by atoms with Crippen LogP contribution in [0.2, 0.25) is 0 Å². The van der Waals surface area contributed by atoms with Gasteiger partial charge >= 0.3 is 0 Å². The second-order valence-corrected chi connectivity index (χ2v) is 6.94. The molecular weight excluding hydrogens is 359 g/mol. The summed E-state index contributed by atoms with van der Waals surface area (Å²) in [6, 6.07) is 12.6. The Kier molecular flexibility index (Phi) is 7.01. The largest absolute Gasteiger partial charge is 0.497 e. The molecule has 0 amide bonds. The number of hydrogen-bond donors (Lipinski definition) is 1. The summed E-state index contributed by atoms with van der Waals surface area (Å²) in [5, 5.41) is 3.26. The van der Waals surface area contributed by atoms with E-state index in [4.69, 9.17) is 9.47 Å². The Morgan fingerprint density at radius 1 is 1.11 bits per heavy atom. The molecule has 150 valence electrons. The minimum absolute atomic E-state index is 0.137. The van der Waals surface area contributed by atoms with E-state index in [1.807, 2.05) is 12.1 Å². The normalized spacial score (nSPS) is 15.4. The van der Waals surface area contributed by atoms with Crippen LogP contribution in [0.4, 0.5) is 4.39 Å². The fourth-order valence-corrected chi connectivity index (χ4v) is 3.60. The van der Waals surface area contributed by atoms with E-state index in [-0.39, 0.29) is 24.1 Å². The number of carbonyl (C=O) groups excluding carboxylic acids is 1. The highest BCUT2D eigenvalue weighted by Crippen LogP contribution is 2.26. The number of nitrogens with one attached hydrogen (secondary N) is 1. The quantitative estimate of drug-likeness (QED) is 0.669. The summed E-state index contributed by atoms with van der Waals surface area (Å²) in [4.78, 5) is 14.9. The second-order valence-electron chi connectivity index (χ2n) is 6.94. The molecule has 0 saturated carbocycles. The van der Waals surface area contributed by atoms with E-state index < -0.39 is 5.82 Å². The third-order valence-electron chi connectivity index (χ3n) is 5.18. The van der Waals surface area contributed by atoms with E-state index >= 15 is 0 Å². The van der Waals surface area contributed by atoms with Crippen LogP contribution in [0.25, 0.3) is 0 Å². The van der Waals surface area contributed by atoms with Gasteiger partial charge in [0.05, 0.1) is 20.8 Å². The van der Waals surface area contributed by atoms with Crippen LogP contribution in [0.5, 0.6) is 11.5 Å². The number of halogens is 1. The Labute approximate surface area is 165 Å². The lowest BCUT2D eigenvalue weighted by Crippen LogP contribution is -2.36. The van der Waals surface area contributed by atoms with Crippen LogP contribution in [0, 0.1) is 5.82 Å². The maximum absolute atomic E-state index is 13.8. The van der Waals surface area contributed by atoms with Crippen molar-refractivity contribution in [2.45, 2.75) is 18.9 Å². The molecular formula is C22H27FN2O3. The van der Waals surface area contributed by atoms with E-state index in [0.29, 0.717) is 12.1 Å². The lowest BCUT2D eigenvalue weighted by Gasteiger charge is -2.28. The molecule has 0 bridgehead atoms. The first-order valence-electron chi connectivity index (χ1n) is 9.58. The Balaban J connectivity index is 1.63. The van der Waals surface area contributed by atoms with Crippen molar-refractivity contribution < 1.29 is 18.7 Å². The molecule has 1 saturated heterocycles. The fourth-order valence-electron chi connectivity index (χ4n) is 3.60. The molecule has 1 atom stereocenters. The number of carbonyl (C=O) groups is 1. The van der Waals surface area contributed by atoms with Crippen LogP contribution in [0.15, 0.2) is 42.5 Å². The molecule has 6 heteroatoms. The highest BCUT2D eigenvalue weighted by molar-refractivity contribution is 5.97. The van der Waals surface area contributed by atoms with E-state index in [0.717, 1.165) is 18.8 Å². The minimum Gasteiger partial charge on any atom is -0.497 e. The van der Waals surface area contributed by atoms with Gasteiger partial charge in [0.25, 0.3) is 0 Å². The molecule has 28 heavy (non-hydrogen) atoms. The molecule has 1 aliphatic rings. The number of likely N-dealkylation sites (tertiary alicyclic amines) is 1. The number of hydrogen-bond acceptors (Lipinski definition) is 5. The van der Waals surface area contributed by atoms with Gasteiger partial charge in [0, 0.05) is 18.2 Å². The highest BCUT2D eigenvalue weighted by atomic mass is 19.1. The summed E-state index contributed by atoms with van der Waals surface area (Å²) in [6.07, 6.45) is 2.38. The van der Waals surface area contributed by atoms with Gasteiger partial charge in [0.15, 0.2) is 17.3 Å². The molecule has 1 N–H and O–H groups in total. The SMILES string of the molecule is COc1ccc(C(CNCC(=O)c2ccc(OC)c(F)c2)N2CCCC2)cc1. The number of benzene rings is 2. The lowest BCUT2D eigenvalue weighted by molar-refractivity contribution is 0.0987. The molecule has 3 rings (SSSR count). The van der Waals surface area contributed by atoms with Crippen molar-refractivity contribution >= 4 is 5.78 Å². The minimum atomic E-state index is -0.526. The molecule has 1 unspecified atom stereocenters. The van der Waals surface area contributed by atoms with Gasteiger partial charge in [-0.05, 0) is 61.8 Å². The molecule has 5 nitrogen and oxygen atoms in total. The maximum Gasteiger partial charge on any atom is 0.176 e. The van der Waals surface area contributed by atoms with Crippen molar-refractivity contribution in [1.82, 2.24) is 10.2 Å². The van der Waals surface area contributed by atoms with Gasteiger partial charge in [-0.25, -0.2) is 4.39 Å². The lowest BCUT2D eigenvalue weighted by atomic mass is 10.0. The topological polar surface area (TPSA) is 50.8 Å². The van der Waals surface area contributed by atoms with Crippen molar-refractivity contribution in [1.29, 1.82) is 0 Å². The number of methoxy groups -OCH3 is 2.